The molecule has 0 fully saturated rings. The molecule has 0 unspecified atom stereocenters. The van der Waals surface area contributed by atoms with Crippen LogP contribution in [0.15, 0.2) is 181 Å². The van der Waals surface area contributed by atoms with Crippen LogP contribution in [-0.2, 0) is 5.41 Å². The van der Waals surface area contributed by atoms with Crippen LogP contribution < -0.4 is 0 Å². The largest absolute Gasteiger partial charge is 0.455 e. The number of benzene rings is 6. The highest BCUT2D eigenvalue weighted by molar-refractivity contribution is 6.18. The highest BCUT2D eigenvalue weighted by Gasteiger charge is 2.39. The first-order valence-corrected chi connectivity index (χ1v) is 21.0. The SMILES string of the molecule is CC1(C)c2cc(-c3ccc(-c4ccc5ccc6cccnc6c5n4)cn3)ccc2-c2c1cc(-c1ccc(-c3ccc4ccc5cccnc5c4n3)cc1)c1c2oc2ccccc21. The van der Waals surface area contributed by atoms with E-state index >= 15 is 0 Å². The van der Waals surface area contributed by atoms with Crippen molar-refractivity contribution in [1.29, 1.82) is 0 Å². The van der Waals surface area contributed by atoms with Gasteiger partial charge in [-0.15, -0.1) is 0 Å². The summed E-state index contributed by atoms with van der Waals surface area (Å²) in [7, 11) is 0. The molecule has 0 spiro atoms. The molecule has 6 aromatic carbocycles. The monoisotopic (exact) mass is 793 g/mol. The zero-order valence-electron chi connectivity index (χ0n) is 33.9. The Morgan fingerprint density at radius 1 is 0.435 bits per heavy atom. The second kappa shape index (κ2) is 13.0. The van der Waals surface area contributed by atoms with Crippen molar-refractivity contribution in [2.75, 3.05) is 0 Å². The number of nitrogens with zero attached hydrogens (tertiary/aromatic N) is 5. The highest BCUT2D eigenvalue weighted by atomic mass is 16.3. The number of aromatic nitrogens is 5. The van der Waals surface area contributed by atoms with E-state index in [0.29, 0.717) is 0 Å². The van der Waals surface area contributed by atoms with Gasteiger partial charge < -0.3 is 4.42 Å². The minimum Gasteiger partial charge on any atom is -0.455 e. The van der Waals surface area contributed by atoms with Crippen LogP contribution in [0.25, 0.3) is 122 Å². The van der Waals surface area contributed by atoms with Gasteiger partial charge in [0.05, 0.1) is 39.1 Å². The van der Waals surface area contributed by atoms with E-state index in [1.165, 1.54) is 16.7 Å². The Kier molecular flexibility index (Phi) is 7.26. The van der Waals surface area contributed by atoms with E-state index in [1.54, 1.807) is 0 Å². The second-order valence-electron chi connectivity index (χ2n) is 16.9. The first kappa shape index (κ1) is 34.7. The number of hydrogen-bond donors (Lipinski definition) is 0. The number of fused-ring (bicyclic) bond motifs is 13. The molecule has 6 heteroatoms. The molecule has 0 N–H and O–H groups in total. The van der Waals surface area contributed by atoms with Crippen molar-refractivity contribution in [2.45, 2.75) is 19.3 Å². The molecule has 1 aliphatic carbocycles. The molecule has 290 valence electrons. The maximum Gasteiger partial charge on any atom is 0.144 e. The standard InChI is InChI=1S/C56H35N5O/c1-56(2)43-29-38(45-24-22-39(31-59-45)47-26-21-37-18-16-35-8-6-28-58-52(35)54(37)61-47)19-23-40(43)50-44(56)30-42(49-41-9-3-4-10-48(41)62-55(49)50)32-11-13-33(14-12-32)46-25-20-36-17-15-34-7-5-27-57-51(34)53(36)60-46/h3-31H,1-2H3. The van der Waals surface area contributed by atoms with Crippen molar-refractivity contribution in [3.05, 3.63) is 187 Å². The summed E-state index contributed by atoms with van der Waals surface area (Å²) in [4.78, 5) is 24.5. The van der Waals surface area contributed by atoms with Crippen LogP contribution in [0.2, 0.25) is 0 Å². The fraction of sp³-hybridized carbons (Fsp3) is 0.0536. The molecule has 12 aromatic rings. The minimum absolute atomic E-state index is 0.305. The highest BCUT2D eigenvalue weighted by Crippen LogP contribution is 2.55. The van der Waals surface area contributed by atoms with E-state index < -0.39 is 0 Å². The smallest absolute Gasteiger partial charge is 0.144 e. The van der Waals surface area contributed by atoms with Gasteiger partial charge in [-0.05, 0) is 82.4 Å². The number of rotatable bonds is 4. The predicted molar refractivity (Wildman–Crippen MR) is 252 cm³/mol. The molecule has 0 saturated heterocycles. The summed E-state index contributed by atoms with van der Waals surface area (Å²) >= 11 is 0. The lowest BCUT2D eigenvalue weighted by atomic mass is 9.80. The average Bonchev–Trinajstić information content (AvgIpc) is 3.83. The van der Waals surface area contributed by atoms with E-state index in [1.807, 2.05) is 36.8 Å². The Labute approximate surface area is 356 Å². The zero-order valence-corrected chi connectivity index (χ0v) is 33.9. The first-order chi connectivity index (χ1) is 30.5. The number of para-hydroxylation sites is 1. The summed E-state index contributed by atoms with van der Waals surface area (Å²) in [5.41, 5.74) is 18.1. The van der Waals surface area contributed by atoms with Crippen molar-refractivity contribution in [1.82, 2.24) is 24.9 Å². The molecule has 0 amide bonds. The topological polar surface area (TPSA) is 77.6 Å². The predicted octanol–water partition coefficient (Wildman–Crippen LogP) is 14.1. The Bertz CT molecular complexity index is 3830. The molecular weight excluding hydrogens is 759 g/mol. The van der Waals surface area contributed by atoms with Crippen LogP contribution in [0.4, 0.5) is 0 Å². The molecule has 0 radical (unpaired) electrons. The summed E-state index contributed by atoms with van der Waals surface area (Å²) in [5, 5.41) is 6.55. The Morgan fingerprint density at radius 3 is 1.69 bits per heavy atom. The van der Waals surface area contributed by atoms with E-state index in [9.17, 15) is 0 Å². The molecule has 0 aliphatic heterocycles. The van der Waals surface area contributed by atoms with Crippen molar-refractivity contribution in [2.24, 2.45) is 0 Å². The summed E-state index contributed by atoms with van der Waals surface area (Å²) in [6.07, 6.45) is 5.59. The third kappa shape index (κ3) is 5.13. The third-order valence-electron chi connectivity index (χ3n) is 13.0. The van der Waals surface area contributed by atoms with Crippen LogP contribution in [-0.4, -0.2) is 24.9 Å². The van der Waals surface area contributed by atoms with Gasteiger partial charge in [0, 0.05) is 78.6 Å². The molecule has 0 atom stereocenters. The van der Waals surface area contributed by atoms with Crippen LogP contribution in [0.1, 0.15) is 25.0 Å². The Balaban J connectivity index is 0.888. The van der Waals surface area contributed by atoms with Gasteiger partial charge in [0.25, 0.3) is 0 Å². The van der Waals surface area contributed by atoms with Gasteiger partial charge in [0.1, 0.15) is 11.2 Å². The Morgan fingerprint density at radius 2 is 1.02 bits per heavy atom. The number of furan rings is 1. The summed E-state index contributed by atoms with van der Waals surface area (Å²) < 4.78 is 6.86. The molecular formula is C56H35N5O. The van der Waals surface area contributed by atoms with Gasteiger partial charge in [-0.2, -0.15) is 0 Å². The van der Waals surface area contributed by atoms with Crippen LogP contribution >= 0.6 is 0 Å². The van der Waals surface area contributed by atoms with Gasteiger partial charge in [-0.1, -0.05) is 117 Å². The summed E-state index contributed by atoms with van der Waals surface area (Å²) in [6, 6.07) is 55.5. The molecule has 62 heavy (non-hydrogen) atoms. The lowest BCUT2D eigenvalue weighted by Crippen LogP contribution is -2.15. The lowest BCUT2D eigenvalue weighted by molar-refractivity contribution is 0.653. The van der Waals surface area contributed by atoms with E-state index in [0.717, 1.165) is 116 Å². The van der Waals surface area contributed by atoms with Gasteiger partial charge in [-0.3, -0.25) is 15.0 Å². The minimum atomic E-state index is -0.305. The van der Waals surface area contributed by atoms with Crippen LogP contribution in [0, 0.1) is 0 Å². The van der Waals surface area contributed by atoms with Crippen molar-refractivity contribution in [3.8, 4) is 56.0 Å². The van der Waals surface area contributed by atoms with Gasteiger partial charge in [-0.25, -0.2) is 9.97 Å². The van der Waals surface area contributed by atoms with Gasteiger partial charge in [0.15, 0.2) is 0 Å². The molecule has 6 aromatic heterocycles. The van der Waals surface area contributed by atoms with Crippen LogP contribution in [0.3, 0.4) is 0 Å². The second-order valence-corrected chi connectivity index (χ2v) is 16.9. The normalized spacial score (nSPS) is 13.1. The van der Waals surface area contributed by atoms with Crippen LogP contribution in [0.5, 0.6) is 0 Å². The molecule has 0 saturated carbocycles. The fourth-order valence-electron chi connectivity index (χ4n) is 9.78. The van der Waals surface area contributed by atoms with Gasteiger partial charge >= 0.3 is 0 Å². The van der Waals surface area contributed by atoms with E-state index in [-0.39, 0.29) is 5.41 Å². The molecule has 13 rings (SSSR count). The van der Waals surface area contributed by atoms with E-state index in [4.69, 9.17) is 19.4 Å². The summed E-state index contributed by atoms with van der Waals surface area (Å²) in [5.74, 6) is 0. The quantitative estimate of drug-likeness (QED) is 0.165. The first-order valence-electron chi connectivity index (χ1n) is 21.0. The van der Waals surface area contributed by atoms with Gasteiger partial charge in [0.2, 0.25) is 0 Å². The summed E-state index contributed by atoms with van der Waals surface area (Å²) in [6.45, 7) is 4.65. The van der Waals surface area contributed by atoms with Crippen molar-refractivity contribution < 1.29 is 4.42 Å². The molecule has 6 heterocycles. The molecule has 0 bridgehead atoms. The third-order valence-corrected chi connectivity index (χ3v) is 13.0. The average molecular weight is 794 g/mol. The lowest BCUT2D eigenvalue weighted by Gasteiger charge is -2.23. The fourth-order valence-corrected chi connectivity index (χ4v) is 9.78. The van der Waals surface area contributed by atoms with Crippen molar-refractivity contribution >= 4 is 65.6 Å². The molecule has 1 aliphatic rings. The Hall–Kier alpha value is -8.09. The molecule has 6 nitrogen and oxygen atoms in total. The number of pyridine rings is 5. The van der Waals surface area contributed by atoms with E-state index in [2.05, 4.69) is 163 Å². The van der Waals surface area contributed by atoms with Crippen molar-refractivity contribution in [3.63, 3.8) is 0 Å². The number of hydrogen-bond acceptors (Lipinski definition) is 6. The zero-order chi connectivity index (χ0) is 41.1. The maximum atomic E-state index is 6.86. The maximum absolute atomic E-state index is 6.86.